The Kier molecular flexibility index (Phi) is 7.51. The average Bonchev–Trinajstić information content (AvgIpc) is 2.45. The van der Waals surface area contributed by atoms with Gasteiger partial charge in [0.25, 0.3) is 0 Å². The minimum absolute atomic E-state index is 0.0524. The topological polar surface area (TPSA) is 101 Å². The molecule has 1 amide bonds. The Morgan fingerprint density at radius 2 is 1.70 bits per heavy atom. The van der Waals surface area contributed by atoms with E-state index in [0.717, 1.165) is 19.3 Å². The summed E-state index contributed by atoms with van der Waals surface area (Å²) < 4.78 is 25.7. The van der Waals surface area contributed by atoms with Gasteiger partial charge in [-0.2, -0.15) is 0 Å². The van der Waals surface area contributed by atoms with E-state index < -0.39 is 32.2 Å². The van der Waals surface area contributed by atoms with E-state index in [-0.39, 0.29) is 24.8 Å². The Labute approximate surface area is 139 Å². The van der Waals surface area contributed by atoms with E-state index in [1.54, 1.807) is 20.8 Å². The van der Waals surface area contributed by atoms with Crippen LogP contribution in [0.1, 0.15) is 65.7 Å². The zero-order chi connectivity index (χ0) is 17.6. The van der Waals surface area contributed by atoms with Crippen molar-refractivity contribution in [1.82, 2.24) is 5.32 Å². The molecule has 1 aliphatic rings. The summed E-state index contributed by atoms with van der Waals surface area (Å²) in [6.45, 7) is 5.19. The SMILES string of the molecule is CC(CCC(=O)O)NC(=O)C(C(C)C)S(=O)(=O)C1CCCCC1. The summed E-state index contributed by atoms with van der Waals surface area (Å²) in [6.07, 6.45) is 4.34. The fourth-order valence-corrected chi connectivity index (χ4v) is 5.70. The molecule has 2 atom stereocenters. The molecular formula is C16H29NO5S. The van der Waals surface area contributed by atoms with Gasteiger partial charge < -0.3 is 10.4 Å². The van der Waals surface area contributed by atoms with Gasteiger partial charge in [0.15, 0.2) is 9.84 Å². The Balaban J connectivity index is 2.80. The van der Waals surface area contributed by atoms with E-state index in [9.17, 15) is 18.0 Å². The maximum Gasteiger partial charge on any atom is 0.303 e. The molecule has 0 saturated heterocycles. The molecule has 0 radical (unpaired) electrons. The largest absolute Gasteiger partial charge is 0.481 e. The van der Waals surface area contributed by atoms with Crippen LogP contribution in [0, 0.1) is 5.92 Å². The highest BCUT2D eigenvalue weighted by atomic mass is 32.2. The first-order chi connectivity index (χ1) is 10.7. The summed E-state index contributed by atoms with van der Waals surface area (Å²) in [5, 5.41) is 9.88. The summed E-state index contributed by atoms with van der Waals surface area (Å²) in [7, 11) is -3.53. The van der Waals surface area contributed by atoms with Crippen LogP contribution in [0.2, 0.25) is 0 Å². The van der Waals surface area contributed by atoms with Gasteiger partial charge in [-0.25, -0.2) is 8.42 Å². The summed E-state index contributed by atoms with van der Waals surface area (Å²) >= 11 is 0. The molecule has 1 saturated carbocycles. The molecule has 0 aromatic carbocycles. The van der Waals surface area contributed by atoms with Crippen LogP contribution in [0.5, 0.6) is 0 Å². The summed E-state index contributed by atoms with van der Waals surface area (Å²) in [5.74, 6) is -1.74. The zero-order valence-electron chi connectivity index (χ0n) is 14.2. The van der Waals surface area contributed by atoms with Gasteiger partial charge in [-0.15, -0.1) is 0 Å². The lowest BCUT2D eigenvalue weighted by Gasteiger charge is -2.29. The first-order valence-electron chi connectivity index (χ1n) is 8.41. The Bertz CT molecular complexity index is 509. The average molecular weight is 347 g/mol. The number of carbonyl (C=O) groups is 2. The molecule has 2 unspecified atom stereocenters. The first-order valence-corrected chi connectivity index (χ1v) is 10.0. The smallest absolute Gasteiger partial charge is 0.303 e. The van der Waals surface area contributed by atoms with E-state index in [4.69, 9.17) is 5.11 Å². The number of rotatable bonds is 8. The number of carboxylic acid groups (broad SMARTS) is 1. The zero-order valence-corrected chi connectivity index (χ0v) is 15.1. The normalized spacial score (nSPS) is 19.3. The minimum atomic E-state index is -3.53. The van der Waals surface area contributed by atoms with Crippen molar-refractivity contribution in [1.29, 1.82) is 0 Å². The lowest BCUT2D eigenvalue weighted by molar-refractivity contribution is -0.137. The molecular weight excluding hydrogens is 318 g/mol. The highest BCUT2D eigenvalue weighted by molar-refractivity contribution is 7.93. The first kappa shape index (κ1) is 19.9. The van der Waals surface area contributed by atoms with Crippen molar-refractivity contribution in [2.45, 2.75) is 82.3 Å². The van der Waals surface area contributed by atoms with Crippen LogP contribution in [0.4, 0.5) is 0 Å². The molecule has 0 aliphatic heterocycles. The third kappa shape index (κ3) is 5.79. The van der Waals surface area contributed by atoms with Crippen molar-refractivity contribution in [2.24, 2.45) is 5.92 Å². The maximum absolute atomic E-state index is 12.9. The molecule has 2 N–H and O–H groups in total. The van der Waals surface area contributed by atoms with E-state index >= 15 is 0 Å². The molecule has 0 bridgehead atoms. The summed E-state index contributed by atoms with van der Waals surface area (Å²) in [6, 6.07) is -0.360. The number of nitrogens with one attached hydrogen (secondary N) is 1. The highest BCUT2D eigenvalue weighted by Crippen LogP contribution is 2.29. The summed E-state index contributed by atoms with van der Waals surface area (Å²) in [4.78, 5) is 23.1. The molecule has 1 rings (SSSR count). The number of sulfone groups is 1. The van der Waals surface area contributed by atoms with Gasteiger partial charge in [0.1, 0.15) is 5.25 Å². The van der Waals surface area contributed by atoms with Crippen LogP contribution in [0.25, 0.3) is 0 Å². The van der Waals surface area contributed by atoms with Gasteiger partial charge >= 0.3 is 5.97 Å². The van der Waals surface area contributed by atoms with E-state index in [1.807, 2.05) is 0 Å². The molecule has 134 valence electrons. The van der Waals surface area contributed by atoms with E-state index in [1.165, 1.54) is 0 Å². The molecule has 7 heteroatoms. The van der Waals surface area contributed by atoms with Crippen molar-refractivity contribution >= 4 is 21.7 Å². The van der Waals surface area contributed by atoms with Crippen molar-refractivity contribution in [2.75, 3.05) is 0 Å². The van der Waals surface area contributed by atoms with Gasteiger partial charge in [0.2, 0.25) is 5.91 Å². The van der Waals surface area contributed by atoms with Crippen molar-refractivity contribution in [3.63, 3.8) is 0 Å². The Morgan fingerprint density at radius 3 is 2.17 bits per heavy atom. The molecule has 1 aliphatic carbocycles. The number of carbonyl (C=O) groups excluding carboxylic acids is 1. The predicted octanol–water partition coefficient (Wildman–Crippen LogP) is 2.13. The highest BCUT2D eigenvalue weighted by Gasteiger charge is 2.41. The third-order valence-electron chi connectivity index (χ3n) is 4.41. The monoisotopic (exact) mass is 347 g/mol. The van der Waals surface area contributed by atoms with Gasteiger partial charge in [-0.1, -0.05) is 33.1 Å². The second-order valence-corrected chi connectivity index (χ2v) is 9.21. The molecule has 0 spiro atoms. The Morgan fingerprint density at radius 1 is 1.13 bits per heavy atom. The molecule has 0 heterocycles. The fraction of sp³-hybridized carbons (Fsp3) is 0.875. The van der Waals surface area contributed by atoms with Crippen LogP contribution in [0.3, 0.4) is 0 Å². The van der Waals surface area contributed by atoms with Crippen LogP contribution in [0.15, 0.2) is 0 Å². The van der Waals surface area contributed by atoms with Gasteiger partial charge in [-0.05, 0) is 32.1 Å². The van der Waals surface area contributed by atoms with Crippen LogP contribution >= 0.6 is 0 Å². The molecule has 6 nitrogen and oxygen atoms in total. The van der Waals surface area contributed by atoms with Crippen molar-refractivity contribution < 1.29 is 23.1 Å². The quantitative estimate of drug-likeness (QED) is 0.700. The van der Waals surface area contributed by atoms with Gasteiger partial charge in [-0.3, -0.25) is 9.59 Å². The number of hydrogen-bond acceptors (Lipinski definition) is 4. The number of hydrogen-bond donors (Lipinski definition) is 2. The van der Waals surface area contributed by atoms with Crippen LogP contribution < -0.4 is 5.32 Å². The standard InChI is InChI=1S/C16H29NO5S/c1-11(2)15(16(20)17-12(3)9-10-14(18)19)23(21,22)13-7-5-4-6-8-13/h11-13,15H,4-10H2,1-3H3,(H,17,20)(H,18,19). The molecule has 0 aromatic rings. The number of aliphatic carboxylic acids is 1. The molecule has 0 aromatic heterocycles. The fourth-order valence-electron chi connectivity index (χ4n) is 3.17. The van der Waals surface area contributed by atoms with Crippen molar-refractivity contribution in [3.8, 4) is 0 Å². The molecule has 1 fully saturated rings. The van der Waals surface area contributed by atoms with Crippen LogP contribution in [-0.2, 0) is 19.4 Å². The lowest BCUT2D eigenvalue weighted by atomic mass is 10.0. The predicted molar refractivity (Wildman–Crippen MR) is 88.9 cm³/mol. The lowest BCUT2D eigenvalue weighted by Crippen LogP contribution is -2.49. The Hall–Kier alpha value is -1.11. The van der Waals surface area contributed by atoms with Crippen molar-refractivity contribution in [3.05, 3.63) is 0 Å². The number of carboxylic acids is 1. The van der Waals surface area contributed by atoms with E-state index in [2.05, 4.69) is 5.32 Å². The maximum atomic E-state index is 12.9. The summed E-state index contributed by atoms with van der Waals surface area (Å²) in [5.41, 5.74) is 0. The third-order valence-corrected chi connectivity index (χ3v) is 7.28. The second kappa shape index (κ2) is 8.66. The van der Waals surface area contributed by atoms with Gasteiger partial charge in [0, 0.05) is 12.5 Å². The molecule has 23 heavy (non-hydrogen) atoms. The van der Waals surface area contributed by atoms with E-state index in [0.29, 0.717) is 12.8 Å². The number of amides is 1. The second-order valence-electron chi connectivity index (χ2n) is 6.86. The van der Waals surface area contributed by atoms with Crippen LogP contribution in [-0.4, -0.2) is 41.9 Å². The van der Waals surface area contributed by atoms with Gasteiger partial charge in [0.05, 0.1) is 5.25 Å². The minimum Gasteiger partial charge on any atom is -0.481 e.